The smallest absolute Gasteiger partial charge is 0.257 e. The van der Waals surface area contributed by atoms with Gasteiger partial charge in [-0.05, 0) is 31.2 Å². The van der Waals surface area contributed by atoms with Crippen molar-refractivity contribution in [3.8, 4) is 17.2 Å². The first-order chi connectivity index (χ1) is 13.4. The quantitative estimate of drug-likeness (QED) is 0.736. The molecule has 144 valence electrons. The van der Waals surface area contributed by atoms with E-state index in [-0.39, 0.29) is 24.0 Å². The Bertz CT molecular complexity index is 1060. The number of phenolic OH excluding ortho intramolecular Hbond substituents is 1. The highest BCUT2D eigenvalue weighted by molar-refractivity contribution is 5.95. The number of fused-ring (bicyclic) bond motifs is 1. The van der Waals surface area contributed by atoms with E-state index >= 15 is 0 Å². The van der Waals surface area contributed by atoms with Gasteiger partial charge < -0.3 is 14.7 Å². The first kappa shape index (κ1) is 18.0. The van der Waals surface area contributed by atoms with Gasteiger partial charge in [0.1, 0.15) is 29.6 Å². The van der Waals surface area contributed by atoms with Gasteiger partial charge in [-0.2, -0.15) is 5.10 Å². The van der Waals surface area contributed by atoms with Crippen LogP contribution in [0.1, 0.15) is 21.6 Å². The number of carbonyl (C=O) groups is 1. The minimum absolute atomic E-state index is 0.0676. The largest absolute Gasteiger partial charge is 0.508 e. The molecule has 3 aromatic rings. The number of rotatable bonds is 2. The van der Waals surface area contributed by atoms with Crippen LogP contribution in [0.3, 0.4) is 0 Å². The van der Waals surface area contributed by atoms with Crippen molar-refractivity contribution in [3.63, 3.8) is 0 Å². The van der Waals surface area contributed by atoms with Crippen LogP contribution in [0.15, 0.2) is 42.6 Å². The van der Waals surface area contributed by atoms with E-state index in [2.05, 4.69) is 5.10 Å². The van der Waals surface area contributed by atoms with Gasteiger partial charge >= 0.3 is 0 Å². The molecule has 1 aliphatic heterocycles. The van der Waals surface area contributed by atoms with Crippen LogP contribution in [-0.2, 0) is 6.54 Å². The van der Waals surface area contributed by atoms with Gasteiger partial charge in [0.2, 0.25) is 0 Å². The van der Waals surface area contributed by atoms with Crippen LogP contribution in [0.25, 0.3) is 5.69 Å². The molecule has 0 bridgehead atoms. The Kier molecular flexibility index (Phi) is 4.46. The molecule has 2 aromatic carbocycles. The van der Waals surface area contributed by atoms with E-state index < -0.39 is 11.6 Å². The summed E-state index contributed by atoms with van der Waals surface area (Å²) in [7, 11) is 0. The predicted octanol–water partition coefficient (Wildman–Crippen LogP) is 3.20. The molecular weight excluding hydrogens is 368 g/mol. The van der Waals surface area contributed by atoms with E-state index in [0.717, 1.165) is 17.7 Å². The summed E-state index contributed by atoms with van der Waals surface area (Å²) in [6.07, 6.45) is 1.38. The van der Waals surface area contributed by atoms with Crippen LogP contribution < -0.4 is 4.74 Å². The van der Waals surface area contributed by atoms with Gasteiger partial charge in [-0.3, -0.25) is 4.79 Å². The number of aromatic hydroxyl groups is 1. The number of hydrogen-bond donors (Lipinski definition) is 1. The lowest BCUT2D eigenvalue weighted by molar-refractivity contribution is 0.0732. The fourth-order valence-corrected chi connectivity index (χ4v) is 3.22. The first-order valence-electron chi connectivity index (χ1n) is 8.68. The highest BCUT2D eigenvalue weighted by Crippen LogP contribution is 2.28. The molecule has 4 rings (SSSR count). The van der Waals surface area contributed by atoms with Crippen molar-refractivity contribution >= 4 is 5.91 Å². The van der Waals surface area contributed by atoms with Crippen molar-refractivity contribution in [2.24, 2.45) is 0 Å². The lowest BCUT2D eigenvalue weighted by Crippen LogP contribution is -2.32. The van der Waals surface area contributed by atoms with E-state index in [4.69, 9.17) is 4.74 Å². The normalized spacial score (nSPS) is 13.6. The highest BCUT2D eigenvalue weighted by Gasteiger charge is 2.25. The molecule has 0 fully saturated rings. The number of nitrogens with zero attached hydrogens (tertiary/aromatic N) is 3. The molecule has 1 amide bonds. The summed E-state index contributed by atoms with van der Waals surface area (Å²) in [4.78, 5) is 14.7. The van der Waals surface area contributed by atoms with Gasteiger partial charge in [-0.1, -0.05) is 0 Å². The Morgan fingerprint density at radius 2 is 2.04 bits per heavy atom. The zero-order valence-corrected chi connectivity index (χ0v) is 15.0. The van der Waals surface area contributed by atoms with E-state index in [0.29, 0.717) is 30.1 Å². The number of ether oxygens (including phenoxy) is 1. The van der Waals surface area contributed by atoms with Crippen LogP contribution in [0.2, 0.25) is 0 Å². The Morgan fingerprint density at radius 3 is 2.82 bits per heavy atom. The Labute approximate surface area is 159 Å². The fourth-order valence-electron chi connectivity index (χ4n) is 3.22. The summed E-state index contributed by atoms with van der Waals surface area (Å²) >= 11 is 0. The zero-order valence-electron chi connectivity index (χ0n) is 15.0. The summed E-state index contributed by atoms with van der Waals surface area (Å²) < 4.78 is 34.2. The second-order valence-corrected chi connectivity index (χ2v) is 6.52. The Balaban J connectivity index is 1.64. The molecule has 8 heteroatoms. The molecule has 28 heavy (non-hydrogen) atoms. The first-order valence-corrected chi connectivity index (χ1v) is 8.68. The molecule has 1 aromatic heterocycles. The maximum atomic E-state index is 14.1. The number of aromatic nitrogens is 2. The van der Waals surface area contributed by atoms with E-state index in [9.17, 15) is 18.7 Å². The molecule has 0 unspecified atom stereocenters. The van der Waals surface area contributed by atoms with Crippen molar-refractivity contribution in [2.75, 3.05) is 13.2 Å². The van der Waals surface area contributed by atoms with E-state index in [1.54, 1.807) is 17.9 Å². The maximum absolute atomic E-state index is 14.1. The monoisotopic (exact) mass is 385 g/mol. The fraction of sp³-hybridized carbons (Fsp3) is 0.200. The van der Waals surface area contributed by atoms with Crippen LogP contribution in [0, 0.1) is 18.6 Å². The summed E-state index contributed by atoms with van der Waals surface area (Å²) in [6.45, 7) is 2.60. The number of carbonyl (C=O) groups excluding carboxylic acids is 1. The molecule has 0 radical (unpaired) electrons. The van der Waals surface area contributed by atoms with Gasteiger partial charge in [-0.15, -0.1) is 0 Å². The Hall–Kier alpha value is -3.42. The summed E-state index contributed by atoms with van der Waals surface area (Å²) in [5.41, 5.74) is 1.62. The number of phenols is 1. The molecule has 1 N–H and O–H groups in total. The maximum Gasteiger partial charge on any atom is 0.257 e. The van der Waals surface area contributed by atoms with Crippen LogP contribution in [-0.4, -0.2) is 38.8 Å². The average molecular weight is 385 g/mol. The number of hydrogen-bond acceptors (Lipinski definition) is 4. The minimum atomic E-state index is -0.762. The van der Waals surface area contributed by atoms with E-state index in [1.807, 2.05) is 0 Å². The Morgan fingerprint density at radius 1 is 1.21 bits per heavy atom. The van der Waals surface area contributed by atoms with Gasteiger partial charge in [0.05, 0.1) is 24.0 Å². The SMILES string of the molecule is Cc1c(C(=O)N2CCOc3cc(O)ccc3C2)cnn1-c1ccc(F)cc1F. The van der Waals surface area contributed by atoms with Crippen molar-refractivity contribution in [1.82, 2.24) is 14.7 Å². The highest BCUT2D eigenvalue weighted by atomic mass is 19.1. The number of benzene rings is 2. The molecule has 6 nitrogen and oxygen atoms in total. The standard InChI is InChI=1S/C20H17F2N3O3/c1-12-16(10-23-25(12)18-5-3-14(21)8-17(18)22)20(27)24-6-7-28-19-9-15(26)4-2-13(19)11-24/h2-5,8-10,26H,6-7,11H2,1H3. The van der Waals surface area contributed by atoms with Crippen molar-refractivity contribution < 1.29 is 23.4 Å². The topological polar surface area (TPSA) is 67.6 Å². The van der Waals surface area contributed by atoms with Gasteiger partial charge in [0.25, 0.3) is 5.91 Å². The summed E-state index contributed by atoms with van der Waals surface area (Å²) in [6, 6.07) is 7.96. The molecule has 0 saturated heterocycles. The average Bonchev–Trinajstić information content (AvgIpc) is 2.90. The second-order valence-electron chi connectivity index (χ2n) is 6.52. The van der Waals surface area contributed by atoms with E-state index in [1.165, 1.54) is 29.1 Å². The van der Waals surface area contributed by atoms with Crippen LogP contribution >= 0.6 is 0 Å². The van der Waals surface area contributed by atoms with Gasteiger partial charge in [0.15, 0.2) is 5.82 Å². The molecule has 0 atom stereocenters. The number of amides is 1. The van der Waals surface area contributed by atoms with Gasteiger partial charge in [0, 0.05) is 24.2 Å². The molecule has 2 heterocycles. The second kappa shape index (κ2) is 6.95. The predicted molar refractivity (Wildman–Crippen MR) is 96.6 cm³/mol. The summed E-state index contributed by atoms with van der Waals surface area (Å²) in [5, 5.41) is 13.7. The molecule has 1 aliphatic rings. The molecule has 0 aliphatic carbocycles. The molecular formula is C20H17F2N3O3. The lowest BCUT2D eigenvalue weighted by Gasteiger charge is -2.19. The van der Waals surface area contributed by atoms with Gasteiger partial charge in [-0.25, -0.2) is 13.5 Å². The van der Waals surface area contributed by atoms with Crippen molar-refractivity contribution in [2.45, 2.75) is 13.5 Å². The molecule has 0 spiro atoms. The van der Waals surface area contributed by atoms with Crippen LogP contribution in [0.4, 0.5) is 8.78 Å². The van der Waals surface area contributed by atoms with Crippen molar-refractivity contribution in [3.05, 3.63) is 71.1 Å². The van der Waals surface area contributed by atoms with Crippen LogP contribution in [0.5, 0.6) is 11.5 Å². The number of halogens is 2. The molecule has 0 saturated carbocycles. The van der Waals surface area contributed by atoms with Crippen molar-refractivity contribution in [1.29, 1.82) is 0 Å². The lowest BCUT2D eigenvalue weighted by atomic mass is 10.1. The zero-order chi connectivity index (χ0) is 19.8. The third kappa shape index (κ3) is 3.17. The third-order valence-corrected chi connectivity index (χ3v) is 4.70. The minimum Gasteiger partial charge on any atom is -0.508 e. The summed E-state index contributed by atoms with van der Waals surface area (Å²) in [5.74, 6) is -1.08. The third-order valence-electron chi connectivity index (χ3n) is 4.70.